The highest BCUT2D eigenvalue weighted by Crippen LogP contribution is 2.37. The molecule has 1 N–H and O–H groups in total. The van der Waals surface area contributed by atoms with Gasteiger partial charge >= 0.3 is 6.03 Å². The van der Waals surface area contributed by atoms with Gasteiger partial charge in [-0.2, -0.15) is 0 Å². The van der Waals surface area contributed by atoms with Gasteiger partial charge in [0.15, 0.2) is 11.5 Å². The van der Waals surface area contributed by atoms with Gasteiger partial charge in [0.05, 0.1) is 31.1 Å². The number of rotatable bonds is 6. The van der Waals surface area contributed by atoms with Crippen molar-refractivity contribution in [2.24, 2.45) is 0 Å². The van der Waals surface area contributed by atoms with Gasteiger partial charge < -0.3 is 19.5 Å². The Morgan fingerprint density at radius 1 is 0.886 bits per heavy atom. The van der Waals surface area contributed by atoms with Crippen molar-refractivity contribution in [1.82, 2.24) is 4.98 Å². The van der Waals surface area contributed by atoms with Crippen LogP contribution in [-0.4, -0.2) is 32.3 Å². The molecule has 3 aromatic carbocycles. The standard InChI is InChI=1S/C25H20F3N3O4/c1-31(21-7-4-14(26)10-18(21)28)25(32)30-19-6-5-15(11-17(19)27)35-22-8-9-29-20-13-24(34-3)23(33-2)12-16(20)22/h4-13H,1-3H3,(H,30,32). The second-order valence-corrected chi connectivity index (χ2v) is 7.36. The van der Waals surface area contributed by atoms with Crippen LogP contribution in [0.4, 0.5) is 29.3 Å². The van der Waals surface area contributed by atoms with E-state index in [9.17, 15) is 18.0 Å². The minimum Gasteiger partial charge on any atom is -0.493 e. The van der Waals surface area contributed by atoms with Gasteiger partial charge in [-0.3, -0.25) is 9.88 Å². The molecule has 0 unspecified atom stereocenters. The Labute approximate surface area is 198 Å². The van der Waals surface area contributed by atoms with Gasteiger partial charge in [-0.05, 0) is 36.4 Å². The van der Waals surface area contributed by atoms with E-state index in [-0.39, 0.29) is 17.1 Å². The van der Waals surface area contributed by atoms with E-state index in [0.717, 1.165) is 23.1 Å². The third-order valence-corrected chi connectivity index (χ3v) is 5.19. The molecule has 2 amide bonds. The number of methoxy groups -OCH3 is 2. The molecule has 0 atom stereocenters. The van der Waals surface area contributed by atoms with Crippen LogP contribution in [0.3, 0.4) is 0 Å². The SMILES string of the molecule is COc1cc2nccc(Oc3ccc(NC(=O)N(C)c4ccc(F)cc4F)c(F)c3)c2cc1OC. The summed E-state index contributed by atoms with van der Waals surface area (Å²) < 4.78 is 58.3. The van der Waals surface area contributed by atoms with E-state index in [1.54, 1.807) is 24.4 Å². The maximum atomic E-state index is 14.8. The van der Waals surface area contributed by atoms with Crippen LogP contribution in [0.15, 0.2) is 60.8 Å². The number of nitrogens with one attached hydrogen (secondary N) is 1. The molecule has 0 spiro atoms. The Balaban J connectivity index is 1.55. The highest BCUT2D eigenvalue weighted by molar-refractivity contribution is 6.01. The van der Waals surface area contributed by atoms with Crippen LogP contribution >= 0.6 is 0 Å². The molecule has 0 aliphatic carbocycles. The van der Waals surface area contributed by atoms with Gasteiger partial charge in [0.25, 0.3) is 0 Å². The van der Waals surface area contributed by atoms with Crippen LogP contribution in [-0.2, 0) is 0 Å². The average Bonchev–Trinajstić information content (AvgIpc) is 2.84. The van der Waals surface area contributed by atoms with Crippen molar-refractivity contribution in [1.29, 1.82) is 0 Å². The van der Waals surface area contributed by atoms with Gasteiger partial charge in [0.1, 0.15) is 29.0 Å². The summed E-state index contributed by atoms with van der Waals surface area (Å²) in [6.45, 7) is 0. The molecule has 180 valence electrons. The zero-order valence-electron chi connectivity index (χ0n) is 18.9. The maximum absolute atomic E-state index is 14.8. The Bertz CT molecular complexity index is 1410. The topological polar surface area (TPSA) is 72.9 Å². The number of aromatic nitrogens is 1. The number of hydrogen-bond acceptors (Lipinski definition) is 5. The monoisotopic (exact) mass is 483 g/mol. The molecule has 4 rings (SSSR count). The van der Waals surface area contributed by atoms with Crippen molar-refractivity contribution >= 4 is 28.3 Å². The van der Waals surface area contributed by atoms with Gasteiger partial charge in [-0.25, -0.2) is 18.0 Å². The molecular weight excluding hydrogens is 463 g/mol. The van der Waals surface area contributed by atoms with Crippen molar-refractivity contribution in [3.8, 4) is 23.0 Å². The van der Waals surface area contributed by atoms with Gasteiger partial charge in [-0.15, -0.1) is 0 Å². The number of carbonyl (C=O) groups is 1. The van der Waals surface area contributed by atoms with E-state index in [1.165, 1.54) is 33.4 Å². The Morgan fingerprint density at radius 2 is 1.63 bits per heavy atom. The normalized spacial score (nSPS) is 10.7. The zero-order valence-corrected chi connectivity index (χ0v) is 18.9. The molecule has 0 saturated heterocycles. The van der Waals surface area contributed by atoms with E-state index in [2.05, 4.69) is 10.3 Å². The fourth-order valence-corrected chi connectivity index (χ4v) is 3.39. The number of fused-ring (bicyclic) bond motifs is 1. The molecule has 0 bridgehead atoms. The number of ether oxygens (including phenoxy) is 3. The van der Waals surface area contributed by atoms with E-state index < -0.39 is 23.5 Å². The molecule has 0 aliphatic heterocycles. The zero-order chi connectivity index (χ0) is 25.1. The molecule has 4 aromatic rings. The predicted molar refractivity (Wildman–Crippen MR) is 125 cm³/mol. The summed E-state index contributed by atoms with van der Waals surface area (Å²) in [6.07, 6.45) is 1.54. The summed E-state index contributed by atoms with van der Waals surface area (Å²) in [5.41, 5.74) is 0.268. The van der Waals surface area contributed by atoms with E-state index in [0.29, 0.717) is 34.2 Å². The maximum Gasteiger partial charge on any atom is 0.326 e. The van der Waals surface area contributed by atoms with E-state index >= 15 is 0 Å². The third-order valence-electron chi connectivity index (χ3n) is 5.19. The number of amides is 2. The minimum atomic E-state index is -0.925. The molecule has 7 nitrogen and oxygen atoms in total. The van der Waals surface area contributed by atoms with Crippen molar-refractivity contribution in [2.45, 2.75) is 0 Å². The molecule has 0 saturated carbocycles. The molecule has 1 heterocycles. The first-order valence-corrected chi connectivity index (χ1v) is 10.3. The van der Waals surface area contributed by atoms with Gasteiger partial charge in [-0.1, -0.05) is 0 Å². The Kier molecular flexibility index (Phi) is 6.63. The lowest BCUT2D eigenvalue weighted by atomic mass is 10.2. The summed E-state index contributed by atoms with van der Waals surface area (Å²) in [4.78, 5) is 17.7. The number of carbonyl (C=O) groups excluding carboxylic acids is 1. The highest BCUT2D eigenvalue weighted by atomic mass is 19.1. The second-order valence-electron chi connectivity index (χ2n) is 7.36. The van der Waals surface area contributed by atoms with Crippen molar-refractivity contribution in [2.75, 3.05) is 31.5 Å². The number of hydrogen-bond donors (Lipinski definition) is 1. The first-order chi connectivity index (χ1) is 16.8. The number of benzene rings is 3. The second kappa shape index (κ2) is 9.80. The number of pyridine rings is 1. The summed E-state index contributed by atoms with van der Waals surface area (Å²) in [6, 6.07) is 10.9. The van der Waals surface area contributed by atoms with E-state index in [1.807, 2.05) is 0 Å². The number of halogens is 3. The fraction of sp³-hybridized carbons (Fsp3) is 0.120. The highest BCUT2D eigenvalue weighted by Gasteiger charge is 2.18. The first kappa shape index (κ1) is 23.7. The van der Waals surface area contributed by atoms with Crippen molar-refractivity contribution < 1.29 is 32.2 Å². The van der Waals surface area contributed by atoms with Gasteiger partial charge in [0.2, 0.25) is 0 Å². The third kappa shape index (κ3) is 4.91. The molecule has 35 heavy (non-hydrogen) atoms. The lowest BCUT2D eigenvalue weighted by Gasteiger charge is -2.19. The van der Waals surface area contributed by atoms with Crippen molar-refractivity contribution in [3.63, 3.8) is 0 Å². The van der Waals surface area contributed by atoms with Crippen LogP contribution in [0.1, 0.15) is 0 Å². The summed E-state index contributed by atoms with van der Waals surface area (Å²) in [5, 5.41) is 2.97. The van der Waals surface area contributed by atoms with Crippen LogP contribution in [0.5, 0.6) is 23.0 Å². The van der Waals surface area contributed by atoms with Crippen LogP contribution in [0.25, 0.3) is 10.9 Å². The minimum absolute atomic E-state index is 0.150. The predicted octanol–water partition coefficient (Wildman–Crippen LogP) is 6.13. The molecular formula is C25H20F3N3O4. The summed E-state index contributed by atoms with van der Waals surface area (Å²) >= 11 is 0. The summed E-state index contributed by atoms with van der Waals surface area (Å²) in [7, 11) is 4.30. The molecule has 0 fully saturated rings. The first-order valence-electron chi connectivity index (χ1n) is 10.3. The van der Waals surface area contributed by atoms with E-state index in [4.69, 9.17) is 14.2 Å². The Morgan fingerprint density at radius 3 is 2.31 bits per heavy atom. The lowest BCUT2D eigenvalue weighted by molar-refractivity contribution is 0.257. The van der Waals surface area contributed by atoms with Crippen LogP contribution < -0.4 is 24.4 Å². The van der Waals surface area contributed by atoms with Crippen LogP contribution in [0, 0.1) is 17.5 Å². The quantitative estimate of drug-likeness (QED) is 0.357. The Hall–Kier alpha value is -4.47. The summed E-state index contributed by atoms with van der Waals surface area (Å²) in [5.74, 6) is -0.933. The van der Waals surface area contributed by atoms with Crippen molar-refractivity contribution in [3.05, 3.63) is 78.2 Å². The number of anilines is 2. The number of nitrogens with zero attached hydrogens (tertiary/aromatic N) is 2. The lowest BCUT2D eigenvalue weighted by Crippen LogP contribution is -2.32. The molecule has 10 heteroatoms. The van der Waals surface area contributed by atoms with Crippen LogP contribution in [0.2, 0.25) is 0 Å². The fourth-order valence-electron chi connectivity index (χ4n) is 3.39. The average molecular weight is 483 g/mol. The largest absolute Gasteiger partial charge is 0.493 e. The molecule has 0 radical (unpaired) electrons. The smallest absolute Gasteiger partial charge is 0.326 e. The van der Waals surface area contributed by atoms with Gasteiger partial charge in [0, 0.05) is 36.8 Å². The molecule has 0 aliphatic rings. The molecule has 1 aromatic heterocycles. The number of urea groups is 1.